The van der Waals surface area contributed by atoms with Gasteiger partial charge in [0.1, 0.15) is 11.2 Å². The molecule has 0 atom stereocenters. The molecule has 0 saturated heterocycles. The molecule has 314 valence electrons. The van der Waals surface area contributed by atoms with Crippen molar-refractivity contribution in [2.45, 2.75) is 0 Å². The lowest BCUT2D eigenvalue weighted by molar-refractivity contribution is 0.674. The van der Waals surface area contributed by atoms with Crippen LogP contribution >= 0.6 is 0 Å². The lowest BCUT2D eigenvalue weighted by atomic mass is 9.97. The van der Waals surface area contributed by atoms with Crippen LogP contribution < -0.4 is 4.90 Å². The van der Waals surface area contributed by atoms with E-state index in [1.807, 2.05) is 0 Å². The third-order valence-electron chi connectivity index (χ3n) is 13.4. The zero-order valence-corrected chi connectivity index (χ0v) is 36.6. The minimum Gasteiger partial charge on any atom is -0.455 e. The monoisotopic (exact) mass is 854 g/mol. The summed E-state index contributed by atoms with van der Waals surface area (Å²) in [5.41, 5.74) is 17.7. The number of rotatable bonds is 8. The van der Waals surface area contributed by atoms with Crippen LogP contribution in [0.15, 0.2) is 259 Å². The number of furan rings is 1. The summed E-state index contributed by atoms with van der Waals surface area (Å²) in [6.45, 7) is 0. The lowest BCUT2D eigenvalue weighted by Crippen LogP contribution is -2.11. The maximum Gasteiger partial charge on any atom is 0.143 e. The average Bonchev–Trinajstić information content (AvgIpc) is 3.96. The number of anilines is 3. The standard InChI is InChI=1S/C64H42N2O/c1-2-15-43(16-3-1)47-18-12-19-48(41-47)44-31-36-50(37-32-44)65(60-28-9-8-25-56(60)57-26-14-27-58-59-40-35-46-17-4-5-22-53(46)63(59)67-64(57)58)51-38-33-45(34-39-51)49-20-13-21-52(42-49)66-61-29-10-6-23-54(61)55-24-7-11-30-62(55)66/h1-42H. The van der Waals surface area contributed by atoms with Crippen LogP contribution in [-0.4, -0.2) is 4.57 Å². The Morgan fingerprint density at radius 1 is 0.299 bits per heavy atom. The van der Waals surface area contributed by atoms with Crippen molar-refractivity contribution in [2.24, 2.45) is 0 Å². The van der Waals surface area contributed by atoms with Gasteiger partial charge < -0.3 is 13.9 Å². The number of fused-ring (bicyclic) bond motifs is 8. The Balaban J connectivity index is 0.937. The fraction of sp³-hybridized carbons (Fsp3) is 0. The second-order valence-electron chi connectivity index (χ2n) is 17.3. The second-order valence-corrected chi connectivity index (χ2v) is 17.3. The van der Waals surface area contributed by atoms with E-state index in [1.165, 1.54) is 43.9 Å². The van der Waals surface area contributed by atoms with Gasteiger partial charge in [0.05, 0.1) is 16.7 Å². The van der Waals surface area contributed by atoms with Gasteiger partial charge in [-0.2, -0.15) is 0 Å². The molecule has 13 rings (SSSR count). The second kappa shape index (κ2) is 16.0. The number of aromatic nitrogens is 1. The molecule has 0 radical (unpaired) electrons. The van der Waals surface area contributed by atoms with Gasteiger partial charge in [-0.25, -0.2) is 0 Å². The van der Waals surface area contributed by atoms with Gasteiger partial charge in [0.2, 0.25) is 0 Å². The van der Waals surface area contributed by atoms with Gasteiger partial charge in [-0.3, -0.25) is 0 Å². The van der Waals surface area contributed by atoms with Crippen molar-refractivity contribution in [3.8, 4) is 50.2 Å². The van der Waals surface area contributed by atoms with Crippen molar-refractivity contribution in [1.82, 2.24) is 4.57 Å². The van der Waals surface area contributed by atoms with Crippen LogP contribution in [0.2, 0.25) is 0 Å². The van der Waals surface area contributed by atoms with Crippen LogP contribution in [-0.2, 0) is 0 Å². The fourth-order valence-electron chi connectivity index (χ4n) is 10.2. The fourth-order valence-corrected chi connectivity index (χ4v) is 10.2. The van der Waals surface area contributed by atoms with Crippen LogP contribution in [0.5, 0.6) is 0 Å². The molecular formula is C64H42N2O. The first-order chi connectivity index (χ1) is 33.2. The molecule has 0 saturated carbocycles. The maximum atomic E-state index is 6.93. The molecule has 2 heterocycles. The summed E-state index contributed by atoms with van der Waals surface area (Å²) in [6, 6.07) is 91.8. The highest BCUT2D eigenvalue weighted by atomic mass is 16.3. The van der Waals surface area contributed by atoms with E-state index < -0.39 is 0 Å². The zero-order chi connectivity index (χ0) is 44.3. The Bertz CT molecular complexity index is 3920. The molecule has 0 bridgehead atoms. The summed E-state index contributed by atoms with van der Waals surface area (Å²) < 4.78 is 9.31. The topological polar surface area (TPSA) is 21.3 Å². The first-order valence-electron chi connectivity index (χ1n) is 22.9. The van der Waals surface area contributed by atoms with Crippen LogP contribution in [0.1, 0.15) is 0 Å². The smallest absolute Gasteiger partial charge is 0.143 e. The Kier molecular flexibility index (Phi) is 9.17. The molecule has 3 heteroatoms. The highest BCUT2D eigenvalue weighted by molar-refractivity contribution is 6.18. The first kappa shape index (κ1) is 38.5. The number of nitrogens with zero attached hydrogens (tertiary/aromatic N) is 2. The Hall–Kier alpha value is -8.92. The normalized spacial score (nSPS) is 11.6. The highest BCUT2D eigenvalue weighted by Crippen LogP contribution is 2.46. The van der Waals surface area contributed by atoms with Crippen LogP contribution in [0.3, 0.4) is 0 Å². The molecule has 67 heavy (non-hydrogen) atoms. The summed E-state index contributed by atoms with van der Waals surface area (Å²) in [5, 5.41) is 7.02. The molecule has 0 N–H and O–H groups in total. The molecular weight excluding hydrogens is 813 g/mol. The minimum absolute atomic E-state index is 0.883. The van der Waals surface area contributed by atoms with Gasteiger partial charge in [0.25, 0.3) is 0 Å². The SMILES string of the molecule is c1ccc(-c2cccc(-c3ccc(N(c4ccc(-c5cccc(-n6c7ccccc7c7ccccc76)c5)cc4)c4ccccc4-c4cccc5c4oc4c6ccccc6ccc54)cc3)c2)cc1. The van der Waals surface area contributed by atoms with Crippen LogP contribution in [0.25, 0.3) is 105 Å². The van der Waals surface area contributed by atoms with E-state index in [4.69, 9.17) is 4.42 Å². The molecule has 0 spiro atoms. The average molecular weight is 855 g/mol. The number of benzene rings is 11. The molecule has 0 amide bonds. The van der Waals surface area contributed by atoms with E-state index in [-0.39, 0.29) is 0 Å². The molecule has 0 aliphatic carbocycles. The molecule has 0 unspecified atom stereocenters. The molecule has 3 nitrogen and oxygen atoms in total. The van der Waals surface area contributed by atoms with Gasteiger partial charge in [-0.15, -0.1) is 0 Å². The van der Waals surface area contributed by atoms with E-state index in [9.17, 15) is 0 Å². The third kappa shape index (κ3) is 6.59. The Morgan fingerprint density at radius 3 is 1.49 bits per heavy atom. The van der Waals surface area contributed by atoms with Gasteiger partial charge in [0, 0.05) is 55.1 Å². The van der Waals surface area contributed by atoms with Gasteiger partial charge in [0.15, 0.2) is 0 Å². The summed E-state index contributed by atoms with van der Waals surface area (Å²) in [6.07, 6.45) is 0. The minimum atomic E-state index is 0.883. The largest absolute Gasteiger partial charge is 0.455 e. The quantitative estimate of drug-likeness (QED) is 0.152. The van der Waals surface area contributed by atoms with Gasteiger partial charge >= 0.3 is 0 Å². The van der Waals surface area contributed by atoms with E-state index >= 15 is 0 Å². The van der Waals surface area contributed by atoms with E-state index in [2.05, 4.69) is 264 Å². The predicted octanol–water partition coefficient (Wildman–Crippen LogP) is 18.0. The molecule has 11 aromatic carbocycles. The van der Waals surface area contributed by atoms with Crippen molar-refractivity contribution in [2.75, 3.05) is 4.90 Å². The summed E-state index contributed by atoms with van der Waals surface area (Å²) in [7, 11) is 0. The van der Waals surface area contributed by atoms with Crippen LogP contribution in [0, 0.1) is 0 Å². The van der Waals surface area contributed by atoms with Gasteiger partial charge in [-0.05, 0) is 105 Å². The van der Waals surface area contributed by atoms with E-state index in [0.717, 1.165) is 77.9 Å². The van der Waals surface area contributed by atoms with Crippen molar-refractivity contribution in [3.05, 3.63) is 255 Å². The van der Waals surface area contributed by atoms with Crippen molar-refractivity contribution < 1.29 is 4.42 Å². The van der Waals surface area contributed by atoms with E-state index in [1.54, 1.807) is 0 Å². The number of para-hydroxylation sites is 4. The maximum absolute atomic E-state index is 6.93. The Morgan fingerprint density at radius 2 is 0.791 bits per heavy atom. The lowest BCUT2D eigenvalue weighted by Gasteiger charge is -2.28. The predicted molar refractivity (Wildman–Crippen MR) is 282 cm³/mol. The van der Waals surface area contributed by atoms with Gasteiger partial charge in [-0.1, -0.05) is 188 Å². The zero-order valence-electron chi connectivity index (χ0n) is 36.6. The summed E-state index contributed by atoms with van der Waals surface area (Å²) in [4.78, 5) is 2.38. The molecule has 0 aliphatic rings. The highest BCUT2D eigenvalue weighted by Gasteiger charge is 2.21. The number of hydrogen-bond donors (Lipinski definition) is 0. The molecule has 0 fully saturated rings. The van der Waals surface area contributed by atoms with Crippen LogP contribution in [0.4, 0.5) is 17.1 Å². The van der Waals surface area contributed by atoms with Crippen molar-refractivity contribution >= 4 is 71.6 Å². The first-order valence-corrected chi connectivity index (χ1v) is 22.9. The molecule has 13 aromatic rings. The van der Waals surface area contributed by atoms with E-state index in [0.29, 0.717) is 0 Å². The molecule has 2 aromatic heterocycles. The molecule has 0 aliphatic heterocycles. The number of hydrogen-bond acceptors (Lipinski definition) is 2. The third-order valence-corrected chi connectivity index (χ3v) is 13.4. The van der Waals surface area contributed by atoms with Crippen molar-refractivity contribution in [3.63, 3.8) is 0 Å². The summed E-state index contributed by atoms with van der Waals surface area (Å²) in [5.74, 6) is 0. The summed E-state index contributed by atoms with van der Waals surface area (Å²) >= 11 is 0. The Labute approximate surface area is 388 Å². The van der Waals surface area contributed by atoms with Crippen molar-refractivity contribution in [1.29, 1.82) is 0 Å².